The lowest BCUT2D eigenvalue weighted by Crippen LogP contribution is -2.09. The number of anilines is 1. The first-order chi connectivity index (χ1) is 12.0. The molecule has 1 aromatic heterocycles. The van der Waals surface area contributed by atoms with E-state index in [4.69, 9.17) is 4.74 Å². The van der Waals surface area contributed by atoms with Gasteiger partial charge in [0.05, 0.1) is 5.69 Å². The van der Waals surface area contributed by atoms with Crippen LogP contribution < -0.4 is 10.1 Å². The fourth-order valence-corrected chi connectivity index (χ4v) is 3.23. The quantitative estimate of drug-likeness (QED) is 0.562. The van der Waals surface area contributed by atoms with Crippen LogP contribution in [0.3, 0.4) is 0 Å². The highest BCUT2D eigenvalue weighted by molar-refractivity contribution is 7.17. The minimum absolute atomic E-state index is 0.186. The van der Waals surface area contributed by atoms with Gasteiger partial charge in [-0.3, -0.25) is 4.79 Å². The molecule has 5 nitrogen and oxygen atoms in total. The maximum Gasteiger partial charge on any atom is 0.355 e. The number of nitrogens with one attached hydrogen (secondary N) is 1. The number of hydrogen-bond acceptors (Lipinski definition) is 5. The highest BCUT2D eigenvalue weighted by atomic mass is 32.1. The second-order valence-corrected chi connectivity index (χ2v) is 6.40. The van der Waals surface area contributed by atoms with E-state index in [0.29, 0.717) is 22.0 Å². The number of aromatic nitrogens is 1. The van der Waals surface area contributed by atoms with Gasteiger partial charge in [-0.1, -0.05) is 36.4 Å². The minimum Gasteiger partial charge on any atom is -0.422 e. The average Bonchev–Trinajstić information content (AvgIpc) is 2.97. The van der Waals surface area contributed by atoms with Gasteiger partial charge < -0.3 is 10.1 Å². The van der Waals surface area contributed by atoms with Crippen molar-refractivity contribution < 1.29 is 14.3 Å². The second kappa shape index (κ2) is 7.27. The summed E-state index contributed by atoms with van der Waals surface area (Å²) < 4.78 is 5.43. The predicted octanol–water partition coefficient (Wildman–Crippen LogP) is 4.30. The molecule has 0 bridgehead atoms. The maximum atomic E-state index is 12.5. The summed E-state index contributed by atoms with van der Waals surface area (Å²) in [5, 5.41) is 3.43. The molecular formula is C19H16N2O3S. The van der Waals surface area contributed by atoms with Gasteiger partial charge in [0.1, 0.15) is 15.6 Å². The van der Waals surface area contributed by atoms with Crippen LogP contribution in [0.5, 0.6) is 5.75 Å². The lowest BCUT2D eigenvalue weighted by Gasteiger charge is -2.06. The Balaban J connectivity index is 1.80. The summed E-state index contributed by atoms with van der Waals surface area (Å²) >= 11 is 1.30. The Bertz CT molecular complexity index is 919. The second-order valence-electron chi connectivity index (χ2n) is 5.40. The van der Waals surface area contributed by atoms with Gasteiger partial charge in [0.2, 0.25) is 5.91 Å². The van der Waals surface area contributed by atoms with Crippen molar-refractivity contribution in [2.24, 2.45) is 0 Å². The van der Waals surface area contributed by atoms with E-state index in [1.54, 1.807) is 31.2 Å². The third-order valence-corrected chi connectivity index (χ3v) is 4.55. The molecule has 0 saturated carbocycles. The van der Waals surface area contributed by atoms with E-state index in [2.05, 4.69) is 10.3 Å². The van der Waals surface area contributed by atoms with Crippen LogP contribution in [-0.2, 0) is 4.79 Å². The molecular weight excluding hydrogens is 336 g/mol. The third-order valence-electron chi connectivity index (χ3n) is 3.37. The van der Waals surface area contributed by atoms with Crippen LogP contribution in [0.15, 0.2) is 54.6 Å². The molecule has 0 aliphatic heterocycles. The molecule has 0 atom stereocenters. The Hall–Kier alpha value is -2.99. The summed E-state index contributed by atoms with van der Waals surface area (Å²) in [5.74, 6) is -0.281. The van der Waals surface area contributed by atoms with Gasteiger partial charge in [-0.25, -0.2) is 9.78 Å². The number of amides is 1. The van der Waals surface area contributed by atoms with E-state index in [0.717, 1.165) is 10.6 Å². The van der Waals surface area contributed by atoms with Gasteiger partial charge in [-0.05, 0) is 19.1 Å². The highest BCUT2D eigenvalue weighted by Crippen LogP contribution is 2.29. The van der Waals surface area contributed by atoms with Crippen molar-refractivity contribution in [3.05, 3.63) is 65.2 Å². The normalized spacial score (nSPS) is 10.3. The number of benzene rings is 2. The average molecular weight is 352 g/mol. The first-order valence-corrected chi connectivity index (χ1v) is 8.47. The highest BCUT2D eigenvalue weighted by Gasteiger charge is 2.18. The summed E-state index contributed by atoms with van der Waals surface area (Å²) in [7, 11) is 0. The number of nitrogens with zero attached hydrogens (tertiary/aromatic N) is 1. The van der Waals surface area contributed by atoms with E-state index in [-0.39, 0.29) is 5.91 Å². The zero-order valence-corrected chi connectivity index (χ0v) is 14.6. The van der Waals surface area contributed by atoms with E-state index in [1.807, 2.05) is 30.3 Å². The summed E-state index contributed by atoms with van der Waals surface area (Å²) in [5.41, 5.74) is 2.16. The molecule has 0 fully saturated rings. The molecule has 0 spiro atoms. The number of aryl methyl sites for hydroxylation is 1. The molecule has 1 amide bonds. The first kappa shape index (κ1) is 16.9. The van der Waals surface area contributed by atoms with Crippen LogP contribution in [0.2, 0.25) is 0 Å². The van der Waals surface area contributed by atoms with E-state index < -0.39 is 5.97 Å². The van der Waals surface area contributed by atoms with Crippen molar-refractivity contribution in [1.82, 2.24) is 4.98 Å². The van der Waals surface area contributed by atoms with Crippen LogP contribution in [0.25, 0.3) is 10.6 Å². The molecule has 1 heterocycles. The molecule has 0 aliphatic carbocycles. The number of carbonyl (C=O) groups is 2. The summed E-state index contributed by atoms with van der Waals surface area (Å²) in [4.78, 5) is 28.5. The molecule has 126 valence electrons. The van der Waals surface area contributed by atoms with Crippen LogP contribution >= 0.6 is 11.3 Å². The van der Waals surface area contributed by atoms with Gasteiger partial charge in [-0.2, -0.15) is 0 Å². The number of ether oxygens (including phenoxy) is 1. The van der Waals surface area contributed by atoms with Crippen LogP contribution in [0.1, 0.15) is 22.3 Å². The SMILES string of the molecule is CC(=O)Nc1cccc(OC(=O)c2sc(-c3ccccc3)nc2C)c1. The smallest absolute Gasteiger partial charge is 0.355 e. The van der Waals surface area contributed by atoms with Crippen LogP contribution in [-0.4, -0.2) is 16.9 Å². The van der Waals surface area contributed by atoms with Crippen molar-refractivity contribution in [2.75, 3.05) is 5.32 Å². The standard InChI is InChI=1S/C19H16N2O3S/c1-12-17(25-18(20-12)14-7-4-3-5-8-14)19(23)24-16-10-6-9-15(11-16)21-13(2)22/h3-11H,1-2H3,(H,21,22). The van der Waals surface area contributed by atoms with Gasteiger partial charge in [0.25, 0.3) is 0 Å². The fourth-order valence-electron chi connectivity index (χ4n) is 2.28. The van der Waals surface area contributed by atoms with Crippen molar-refractivity contribution in [2.45, 2.75) is 13.8 Å². The molecule has 0 saturated heterocycles. The van der Waals surface area contributed by atoms with Crippen molar-refractivity contribution in [3.8, 4) is 16.3 Å². The largest absolute Gasteiger partial charge is 0.422 e. The summed E-state index contributed by atoms with van der Waals surface area (Å²) in [6, 6.07) is 16.4. The lowest BCUT2D eigenvalue weighted by atomic mass is 10.2. The molecule has 2 aromatic carbocycles. The Morgan fingerprint density at radius 1 is 1.08 bits per heavy atom. The third kappa shape index (κ3) is 4.10. The molecule has 0 radical (unpaired) electrons. The molecule has 3 rings (SSSR count). The number of esters is 1. The molecule has 0 unspecified atom stereocenters. The molecule has 25 heavy (non-hydrogen) atoms. The Labute approximate surface area is 149 Å². The lowest BCUT2D eigenvalue weighted by molar-refractivity contribution is -0.114. The van der Waals surface area contributed by atoms with Crippen molar-refractivity contribution in [3.63, 3.8) is 0 Å². The van der Waals surface area contributed by atoms with E-state index in [9.17, 15) is 9.59 Å². The summed E-state index contributed by atoms with van der Waals surface area (Å²) in [6.45, 7) is 3.21. The zero-order chi connectivity index (χ0) is 17.8. The van der Waals surface area contributed by atoms with Gasteiger partial charge in [0, 0.05) is 24.2 Å². The molecule has 1 N–H and O–H groups in total. The maximum absolute atomic E-state index is 12.5. The Kier molecular flexibility index (Phi) is 4.90. The fraction of sp³-hybridized carbons (Fsp3) is 0.105. The topological polar surface area (TPSA) is 68.3 Å². The molecule has 3 aromatic rings. The number of hydrogen-bond donors (Lipinski definition) is 1. The first-order valence-electron chi connectivity index (χ1n) is 7.65. The van der Waals surface area contributed by atoms with Crippen molar-refractivity contribution >= 4 is 28.9 Å². The van der Waals surface area contributed by atoms with Gasteiger partial charge >= 0.3 is 5.97 Å². The monoisotopic (exact) mass is 352 g/mol. The Morgan fingerprint density at radius 3 is 2.56 bits per heavy atom. The Morgan fingerprint density at radius 2 is 1.84 bits per heavy atom. The van der Waals surface area contributed by atoms with Crippen LogP contribution in [0.4, 0.5) is 5.69 Å². The molecule has 6 heteroatoms. The molecule has 0 aliphatic rings. The zero-order valence-electron chi connectivity index (χ0n) is 13.8. The van der Waals surface area contributed by atoms with Gasteiger partial charge in [0.15, 0.2) is 0 Å². The summed E-state index contributed by atoms with van der Waals surface area (Å²) in [6.07, 6.45) is 0. The van der Waals surface area contributed by atoms with E-state index in [1.165, 1.54) is 18.3 Å². The van der Waals surface area contributed by atoms with Gasteiger partial charge in [-0.15, -0.1) is 11.3 Å². The minimum atomic E-state index is -0.461. The predicted molar refractivity (Wildman–Crippen MR) is 98.0 cm³/mol. The van der Waals surface area contributed by atoms with Crippen molar-refractivity contribution in [1.29, 1.82) is 0 Å². The number of rotatable bonds is 4. The van der Waals surface area contributed by atoms with E-state index >= 15 is 0 Å². The van der Waals surface area contributed by atoms with Crippen LogP contribution in [0, 0.1) is 6.92 Å². The number of carbonyl (C=O) groups excluding carboxylic acids is 2. The number of thiazole rings is 1.